The largest absolute Gasteiger partial charge is 0.351 e. The molecule has 6 nitrogen and oxygen atoms in total. The van der Waals surface area contributed by atoms with E-state index in [4.69, 9.17) is 0 Å². The number of carbonyl (C=O) groups excluding carboxylic acids is 1. The zero-order valence-corrected chi connectivity index (χ0v) is 13.9. The summed E-state index contributed by atoms with van der Waals surface area (Å²) in [5, 5.41) is 10.7. The van der Waals surface area contributed by atoms with Crippen LogP contribution in [0.15, 0.2) is 36.4 Å². The second-order valence-corrected chi connectivity index (χ2v) is 7.60. The van der Waals surface area contributed by atoms with Gasteiger partial charge in [-0.25, -0.2) is 8.42 Å². The van der Waals surface area contributed by atoms with Gasteiger partial charge in [-0.3, -0.25) is 4.79 Å². The van der Waals surface area contributed by atoms with E-state index in [0.29, 0.717) is 5.56 Å². The van der Waals surface area contributed by atoms with Gasteiger partial charge in [0.1, 0.15) is 0 Å². The lowest BCUT2D eigenvalue weighted by Gasteiger charge is -2.06. The molecule has 1 amide bonds. The minimum Gasteiger partial charge on any atom is -0.351 e. The Morgan fingerprint density at radius 3 is 2.35 bits per heavy atom. The monoisotopic (exact) mass is 333 g/mol. The van der Waals surface area contributed by atoms with E-state index in [2.05, 4.69) is 15.5 Å². The average molecular weight is 333 g/mol. The van der Waals surface area contributed by atoms with Gasteiger partial charge in [-0.05, 0) is 31.2 Å². The average Bonchev–Trinajstić information content (AvgIpc) is 2.55. The molecule has 0 saturated heterocycles. The van der Waals surface area contributed by atoms with Crippen LogP contribution < -0.4 is 5.32 Å². The molecule has 0 fully saturated rings. The van der Waals surface area contributed by atoms with Crippen LogP contribution in [0.5, 0.6) is 0 Å². The maximum atomic E-state index is 12.0. The molecule has 7 heteroatoms. The van der Waals surface area contributed by atoms with Crippen molar-refractivity contribution in [3.8, 4) is 11.3 Å². The molecule has 0 atom stereocenters. The summed E-state index contributed by atoms with van der Waals surface area (Å²) >= 11 is 0. The molecule has 0 aliphatic carbocycles. The molecule has 1 aromatic heterocycles. The van der Waals surface area contributed by atoms with Crippen LogP contribution in [0.2, 0.25) is 0 Å². The fourth-order valence-electron chi connectivity index (χ4n) is 1.91. The number of sulfone groups is 1. The Kier molecular flexibility index (Phi) is 5.44. The number of amides is 1. The van der Waals surface area contributed by atoms with Gasteiger partial charge in [0.05, 0.1) is 17.1 Å². The zero-order chi connectivity index (χ0) is 16.9. The second kappa shape index (κ2) is 7.32. The normalized spacial score (nSPS) is 11.2. The Bertz CT molecular complexity index is 769. The first-order chi connectivity index (χ1) is 10.9. The van der Waals surface area contributed by atoms with Gasteiger partial charge in [-0.1, -0.05) is 19.1 Å². The molecule has 2 aromatic rings. The lowest BCUT2D eigenvalue weighted by molar-refractivity contribution is 0.0956. The Labute approximate surface area is 135 Å². The highest BCUT2D eigenvalue weighted by Gasteiger charge is 2.10. The predicted molar refractivity (Wildman–Crippen MR) is 88.9 cm³/mol. The van der Waals surface area contributed by atoms with Gasteiger partial charge in [0.25, 0.3) is 5.91 Å². The number of nitrogens with zero attached hydrogens (tertiary/aromatic N) is 2. The molecule has 0 aliphatic rings. The van der Waals surface area contributed by atoms with E-state index in [1.165, 1.54) is 0 Å². The van der Waals surface area contributed by atoms with Crippen molar-refractivity contribution in [1.29, 1.82) is 0 Å². The molecule has 1 aromatic carbocycles. The lowest BCUT2D eigenvalue weighted by atomic mass is 10.1. The van der Waals surface area contributed by atoms with Crippen molar-refractivity contribution in [2.75, 3.05) is 18.1 Å². The number of benzene rings is 1. The summed E-state index contributed by atoms with van der Waals surface area (Å²) < 4.78 is 22.8. The zero-order valence-electron chi connectivity index (χ0n) is 13.1. The molecular weight excluding hydrogens is 314 g/mol. The van der Waals surface area contributed by atoms with Gasteiger partial charge in [-0.15, -0.1) is 0 Å². The van der Waals surface area contributed by atoms with Crippen molar-refractivity contribution < 1.29 is 13.2 Å². The minimum atomic E-state index is -3.07. The molecule has 2 rings (SSSR count). The van der Waals surface area contributed by atoms with E-state index < -0.39 is 9.84 Å². The Balaban J connectivity index is 1.99. The first-order valence-electron chi connectivity index (χ1n) is 7.30. The maximum Gasteiger partial charge on any atom is 0.251 e. The first kappa shape index (κ1) is 17.1. The molecule has 0 bridgehead atoms. The highest BCUT2D eigenvalue weighted by Crippen LogP contribution is 2.16. The number of nitrogens with one attached hydrogen (secondary N) is 1. The SMILES string of the molecule is CCS(=O)(=O)CCNC(=O)c1ccc(-c2ccc(C)nn2)cc1. The third kappa shape index (κ3) is 4.85. The van der Waals surface area contributed by atoms with Gasteiger partial charge < -0.3 is 5.32 Å². The number of rotatable bonds is 6. The van der Waals surface area contributed by atoms with Gasteiger partial charge in [0.2, 0.25) is 0 Å². The number of aromatic nitrogens is 2. The van der Waals surface area contributed by atoms with E-state index in [-0.39, 0.29) is 24.0 Å². The fourth-order valence-corrected chi connectivity index (χ4v) is 2.61. The van der Waals surface area contributed by atoms with Crippen LogP contribution in [0, 0.1) is 6.92 Å². The Hall–Kier alpha value is -2.28. The van der Waals surface area contributed by atoms with Crippen LogP contribution in [0.1, 0.15) is 23.0 Å². The third-order valence-electron chi connectivity index (χ3n) is 3.38. The van der Waals surface area contributed by atoms with E-state index in [1.807, 2.05) is 19.1 Å². The quantitative estimate of drug-likeness (QED) is 0.867. The minimum absolute atomic E-state index is 0.0493. The van der Waals surface area contributed by atoms with Crippen molar-refractivity contribution in [2.45, 2.75) is 13.8 Å². The Morgan fingerprint density at radius 2 is 1.78 bits per heavy atom. The van der Waals surface area contributed by atoms with Crippen molar-refractivity contribution >= 4 is 15.7 Å². The van der Waals surface area contributed by atoms with Crippen LogP contribution in [-0.4, -0.2) is 42.6 Å². The van der Waals surface area contributed by atoms with Crippen LogP contribution >= 0.6 is 0 Å². The summed E-state index contributed by atoms with van der Waals surface area (Å²) in [6.07, 6.45) is 0. The van der Waals surface area contributed by atoms with Gasteiger partial charge in [0, 0.05) is 23.4 Å². The van der Waals surface area contributed by atoms with Crippen LogP contribution in [0.4, 0.5) is 0 Å². The molecule has 0 saturated carbocycles. The topological polar surface area (TPSA) is 89.0 Å². The van der Waals surface area contributed by atoms with E-state index in [9.17, 15) is 13.2 Å². The lowest BCUT2D eigenvalue weighted by Crippen LogP contribution is -2.29. The van der Waals surface area contributed by atoms with E-state index in [1.54, 1.807) is 31.2 Å². The highest BCUT2D eigenvalue weighted by molar-refractivity contribution is 7.91. The molecule has 0 aliphatic heterocycles. The highest BCUT2D eigenvalue weighted by atomic mass is 32.2. The summed E-state index contributed by atoms with van der Waals surface area (Å²) in [5.74, 6) is -0.264. The fraction of sp³-hybridized carbons (Fsp3) is 0.312. The predicted octanol–water partition coefficient (Wildman–Crippen LogP) is 1.62. The van der Waals surface area contributed by atoms with Gasteiger partial charge >= 0.3 is 0 Å². The number of hydrogen-bond donors (Lipinski definition) is 1. The number of aryl methyl sites for hydroxylation is 1. The van der Waals surface area contributed by atoms with Crippen molar-refractivity contribution in [1.82, 2.24) is 15.5 Å². The van der Waals surface area contributed by atoms with Crippen molar-refractivity contribution in [3.63, 3.8) is 0 Å². The molecule has 0 unspecified atom stereocenters. The van der Waals surface area contributed by atoms with Crippen LogP contribution in [0.3, 0.4) is 0 Å². The standard InChI is InChI=1S/C16H19N3O3S/c1-3-23(21,22)11-10-17-16(20)14-7-5-13(6-8-14)15-9-4-12(2)18-19-15/h4-9H,3,10-11H2,1-2H3,(H,17,20). The molecule has 122 valence electrons. The molecule has 1 N–H and O–H groups in total. The number of hydrogen-bond acceptors (Lipinski definition) is 5. The third-order valence-corrected chi connectivity index (χ3v) is 5.08. The Morgan fingerprint density at radius 1 is 1.09 bits per heavy atom. The molecule has 23 heavy (non-hydrogen) atoms. The van der Waals surface area contributed by atoms with E-state index >= 15 is 0 Å². The molecule has 0 radical (unpaired) electrons. The molecular formula is C16H19N3O3S. The smallest absolute Gasteiger partial charge is 0.251 e. The number of carbonyl (C=O) groups is 1. The second-order valence-electron chi connectivity index (χ2n) is 5.13. The summed E-state index contributed by atoms with van der Waals surface area (Å²) in [6.45, 7) is 3.56. The first-order valence-corrected chi connectivity index (χ1v) is 9.13. The van der Waals surface area contributed by atoms with E-state index in [0.717, 1.165) is 17.0 Å². The van der Waals surface area contributed by atoms with Crippen molar-refractivity contribution in [2.24, 2.45) is 0 Å². The summed E-state index contributed by atoms with van der Waals surface area (Å²) in [5.41, 5.74) is 2.91. The maximum absolute atomic E-state index is 12.0. The molecule has 1 heterocycles. The van der Waals surface area contributed by atoms with Crippen LogP contribution in [-0.2, 0) is 9.84 Å². The van der Waals surface area contributed by atoms with Gasteiger partial charge in [0.15, 0.2) is 9.84 Å². The molecule has 0 spiro atoms. The van der Waals surface area contributed by atoms with Gasteiger partial charge in [-0.2, -0.15) is 10.2 Å². The summed E-state index contributed by atoms with van der Waals surface area (Å²) in [6, 6.07) is 10.7. The van der Waals surface area contributed by atoms with Crippen molar-refractivity contribution in [3.05, 3.63) is 47.7 Å². The summed E-state index contributed by atoms with van der Waals surface area (Å²) in [4.78, 5) is 12.0. The van der Waals surface area contributed by atoms with Crippen LogP contribution in [0.25, 0.3) is 11.3 Å². The summed E-state index contributed by atoms with van der Waals surface area (Å²) in [7, 11) is -3.07.